The molecule has 1 fully saturated rings. The molecule has 1 aliphatic carbocycles. The van der Waals surface area contributed by atoms with Gasteiger partial charge in [-0.25, -0.2) is 0 Å². The first-order valence-corrected chi connectivity index (χ1v) is 8.50. The van der Waals surface area contributed by atoms with Crippen LogP contribution in [0, 0.1) is 5.92 Å². The average molecular weight is 294 g/mol. The van der Waals surface area contributed by atoms with E-state index >= 15 is 0 Å². The molecule has 20 heavy (non-hydrogen) atoms. The summed E-state index contributed by atoms with van der Waals surface area (Å²) in [6.07, 6.45) is 5.98. The lowest BCUT2D eigenvalue weighted by molar-refractivity contribution is -0.123. The van der Waals surface area contributed by atoms with Gasteiger partial charge in [0.1, 0.15) is 0 Å². The van der Waals surface area contributed by atoms with Crippen LogP contribution in [0.3, 0.4) is 0 Å². The van der Waals surface area contributed by atoms with Gasteiger partial charge in [0.05, 0.1) is 6.04 Å². The summed E-state index contributed by atoms with van der Waals surface area (Å²) in [5.41, 5.74) is 6.09. The predicted octanol–water partition coefficient (Wildman–Crippen LogP) is 3.61. The van der Waals surface area contributed by atoms with Crippen LogP contribution < -0.4 is 11.1 Å². The van der Waals surface area contributed by atoms with Crippen LogP contribution in [0.1, 0.15) is 63.3 Å². The SMILES string of the molecule is CC(C)C(NC(=O)CC1(N)CCCCC1)c1cccs1. The molecule has 4 heteroatoms. The molecule has 112 valence electrons. The summed E-state index contributed by atoms with van der Waals surface area (Å²) in [6.45, 7) is 4.28. The van der Waals surface area contributed by atoms with Crippen molar-refractivity contribution in [2.45, 2.75) is 64.0 Å². The van der Waals surface area contributed by atoms with Crippen LogP contribution in [0.4, 0.5) is 0 Å². The molecule has 0 aliphatic heterocycles. The molecule has 2 rings (SSSR count). The van der Waals surface area contributed by atoms with E-state index in [1.54, 1.807) is 11.3 Å². The van der Waals surface area contributed by atoms with E-state index in [4.69, 9.17) is 5.73 Å². The predicted molar refractivity (Wildman–Crippen MR) is 84.7 cm³/mol. The maximum absolute atomic E-state index is 12.3. The highest BCUT2D eigenvalue weighted by Gasteiger charge is 2.31. The molecule has 0 aromatic carbocycles. The maximum atomic E-state index is 12.3. The molecule has 1 heterocycles. The van der Waals surface area contributed by atoms with Crippen molar-refractivity contribution < 1.29 is 4.79 Å². The van der Waals surface area contributed by atoms with Crippen LogP contribution in [-0.2, 0) is 4.79 Å². The number of hydrogen-bond acceptors (Lipinski definition) is 3. The van der Waals surface area contributed by atoms with Gasteiger partial charge in [-0.15, -0.1) is 11.3 Å². The van der Waals surface area contributed by atoms with E-state index < -0.39 is 0 Å². The van der Waals surface area contributed by atoms with E-state index in [0.29, 0.717) is 12.3 Å². The van der Waals surface area contributed by atoms with Gasteiger partial charge in [0.2, 0.25) is 5.91 Å². The van der Waals surface area contributed by atoms with Crippen molar-refractivity contribution in [3.05, 3.63) is 22.4 Å². The molecule has 1 unspecified atom stereocenters. The minimum atomic E-state index is -0.278. The lowest BCUT2D eigenvalue weighted by atomic mass is 9.80. The Kier molecular flexibility index (Phi) is 5.22. The van der Waals surface area contributed by atoms with Crippen LogP contribution in [0.25, 0.3) is 0 Å². The number of carbonyl (C=O) groups is 1. The van der Waals surface area contributed by atoms with Crippen molar-refractivity contribution in [3.8, 4) is 0 Å². The zero-order chi connectivity index (χ0) is 14.6. The number of hydrogen-bond donors (Lipinski definition) is 2. The maximum Gasteiger partial charge on any atom is 0.222 e. The highest BCUT2D eigenvalue weighted by molar-refractivity contribution is 7.10. The van der Waals surface area contributed by atoms with E-state index in [1.807, 2.05) is 6.07 Å². The molecule has 0 spiro atoms. The third kappa shape index (κ3) is 4.06. The molecular formula is C16H26N2OS. The van der Waals surface area contributed by atoms with Crippen LogP contribution in [-0.4, -0.2) is 11.4 Å². The third-order valence-corrected chi connectivity index (χ3v) is 5.15. The molecule has 1 aromatic rings. The lowest BCUT2D eigenvalue weighted by Crippen LogP contribution is -2.46. The number of nitrogens with one attached hydrogen (secondary N) is 1. The van der Waals surface area contributed by atoms with Gasteiger partial charge >= 0.3 is 0 Å². The Morgan fingerprint density at radius 1 is 1.40 bits per heavy atom. The number of nitrogens with two attached hydrogens (primary N) is 1. The van der Waals surface area contributed by atoms with Crippen LogP contribution >= 0.6 is 11.3 Å². The monoisotopic (exact) mass is 294 g/mol. The fraction of sp³-hybridized carbons (Fsp3) is 0.688. The van der Waals surface area contributed by atoms with Crippen molar-refractivity contribution in [2.75, 3.05) is 0 Å². The molecule has 0 saturated heterocycles. The minimum Gasteiger partial charge on any atom is -0.348 e. The second-order valence-corrected chi connectivity index (χ2v) is 7.38. The fourth-order valence-electron chi connectivity index (χ4n) is 3.01. The lowest BCUT2D eigenvalue weighted by Gasteiger charge is -2.33. The normalized spacial score (nSPS) is 19.8. The first kappa shape index (κ1) is 15.5. The highest BCUT2D eigenvalue weighted by atomic mass is 32.1. The molecule has 1 saturated carbocycles. The standard InChI is InChI=1S/C16H26N2OS/c1-12(2)15(13-7-6-10-20-13)18-14(19)11-16(17)8-4-3-5-9-16/h6-7,10,12,15H,3-5,8-9,11,17H2,1-2H3,(H,18,19). The Morgan fingerprint density at radius 2 is 2.10 bits per heavy atom. The molecular weight excluding hydrogens is 268 g/mol. The molecule has 0 bridgehead atoms. The van der Waals surface area contributed by atoms with Crippen molar-refractivity contribution >= 4 is 17.2 Å². The Bertz CT molecular complexity index is 422. The van der Waals surface area contributed by atoms with E-state index in [2.05, 4.69) is 30.6 Å². The summed E-state index contributed by atoms with van der Waals surface area (Å²) >= 11 is 1.70. The van der Waals surface area contributed by atoms with Gasteiger partial charge < -0.3 is 11.1 Å². The summed E-state index contributed by atoms with van der Waals surface area (Å²) in [5.74, 6) is 0.485. The minimum absolute atomic E-state index is 0.0986. The topological polar surface area (TPSA) is 55.1 Å². The molecule has 1 amide bonds. The molecule has 1 aliphatic rings. The summed E-state index contributed by atoms with van der Waals surface area (Å²) in [5, 5.41) is 5.24. The Labute approximate surface area is 125 Å². The van der Waals surface area contributed by atoms with Crippen molar-refractivity contribution in [3.63, 3.8) is 0 Å². The number of thiophene rings is 1. The van der Waals surface area contributed by atoms with Crippen LogP contribution in [0.2, 0.25) is 0 Å². The zero-order valence-corrected chi connectivity index (χ0v) is 13.3. The van der Waals surface area contributed by atoms with Crippen molar-refractivity contribution in [1.29, 1.82) is 0 Å². The summed E-state index contributed by atoms with van der Waals surface area (Å²) < 4.78 is 0. The van der Waals surface area contributed by atoms with Gasteiger partial charge in [-0.3, -0.25) is 4.79 Å². The summed E-state index contributed by atoms with van der Waals surface area (Å²) in [7, 11) is 0. The third-order valence-electron chi connectivity index (χ3n) is 4.19. The summed E-state index contributed by atoms with van der Waals surface area (Å²) in [6, 6.07) is 4.23. The Hall–Kier alpha value is -0.870. The van der Waals surface area contributed by atoms with E-state index in [0.717, 1.165) is 25.7 Å². The molecule has 3 N–H and O–H groups in total. The number of rotatable bonds is 5. The average Bonchev–Trinajstić information content (AvgIpc) is 2.89. The molecule has 1 atom stereocenters. The first-order valence-electron chi connectivity index (χ1n) is 7.62. The van der Waals surface area contributed by atoms with Gasteiger partial charge in [0.15, 0.2) is 0 Å². The van der Waals surface area contributed by atoms with Gasteiger partial charge in [-0.2, -0.15) is 0 Å². The smallest absolute Gasteiger partial charge is 0.222 e. The first-order chi connectivity index (χ1) is 9.50. The van der Waals surface area contributed by atoms with Crippen LogP contribution in [0.15, 0.2) is 17.5 Å². The molecule has 0 radical (unpaired) electrons. The van der Waals surface area contributed by atoms with Crippen molar-refractivity contribution in [2.24, 2.45) is 11.7 Å². The fourth-order valence-corrected chi connectivity index (χ4v) is 3.96. The highest BCUT2D eigenvalue weighted by Crippen LogP contribution is 2.30. The second kappa shape index (κ2) is 6.72. The van der Waals surface area contributed by atoms with Gasteiger partial charge in [0, 0.05) is 16.8 Å². The summed E-state index contributed by atoms with van der Waals surface area (Å²) in [4.78, 5) is 13.6. The number of carbonyl (C=O) groups excluding carboxylic acids is 1. The van der Waals surface area contributed by atoms with Gasteiger partial charge in [-0.1, -0.05) is 39.2 Å². The van der Waals surface area contributed by atoms with E-state index in [9.17, 15) is 4.79 Å². The van der Waals surface area contributed by atoms with Gasteiger partial charge in [-0.05, 0) is 30.2 Å². The van der Waals surface area contributed by atoms with E-state index in [1.165, 1.54) is 11.3 Å². The largest absolute Gasteiger partial charge is 0.348 e. The molecule has 1 aromatic heterocycles. The zero-order valence-electron chi connectivity index (χ0n) is 12.5. The second-order valence-electron chi connectivity index (χ2n) is 6.40. The van der Waals surface area contributed by atoms with Crippen molar-refractivity contribution in [1.82, 2.24) is 5.32 Å². The quantitative estimate of drug-likeness (QED) is 0.871. The number of amides is 1. The van der Waals surface area contributed by atoms with Gasteiger partial charge in [0.25, 0.3) is 0 Å². The Balaban J connectivity index is 1.95. The molecule has 3 nitrogen and oxygen atoms in total. The van der Waals surface area contributed by atoms with Crippen LogP contribution in [0.5, 0.6) is 0 Å². The Morgan fingerprint density at radius 3 is 2.65 bits per heavy atom. The van der Waals surface area contributed by atoms with E-state index in [-0.39, 0.29) is 17.5 Å².